The zero-order valence-electron chi connectivity index (χ0n) is 11.4. The summed E-state index contributed by atoms with van der Waals surface area (Å²) in [5, 5.41) is 8.73. The second kappa shape index (κ2) is 22.1. The highest BCUT2D eigenvalue weighted by Gasteiger charge is 2.18. The summed E-state index contributed by atoms with van der Waals surface area (Å²) in [4.78, 5) is 0. The first-order chi connectivity index (χ1) is 7.65. The minimum absolute atomic E-state index is 0. The van der Waals surface area contributed by atoms with Gasteiger partial charge < -0.3 is 19.3 Å². The molecule has 0 radical (unpaired) electrons. The number of epoxide rings is 1. The van der Waals surface area contributed by atoms with Crippen LogP contribution in [0.1, 0.15) is 48.5 Å². The molecule has 0 aromatic heterocycles. The van der Waals surface area contributed by atoms with Crippen molar-refractivity contribution in [3.05, 3.63) is 0 Å². The van der Waals surface area contributed by atoms with E-state index in [2.05, 4.69) is 16.4 Å². The first kappa shape index (κ1) is 26.4. The number of aliphatic hydroxyl groups is 1. The Morgan fingerprint density at radius 2 is 1.61 bits per heavy atom. The van der Waals surface area contributed by atoms with Crippen LogP contribution in [0.4, 0.5) is 0 Å². The van der Waals surface area contributed by atoms with Gasteiger partial charge in [0.2, 0.25) is 0 Å². The van der Waals surface area contributed by atoms with Crippen molar-refractivity contribution in [3.8, 4) is 0 Å². The second-order valence-electron chi connectivity index (χ2n) is 3.46. The van der Waals surface area contributed by atoms with E-state index < -0.39 is 0 Å². The standard InChI is InChI=1S/C5H12O2.C4H8O.C3H8O.2CH4/c1-3-5(6)4-7-2;1-2-4-3-5-4;1-3-4-2;;/h5-6H,3-4H2,1-2H3;4H,2-3H2,1H3;3H2,1-2H3;2*1H4. The third-order valence-electron chi connectivity index (χ3n) is 1.98. The normalized spacial score (nSPS) is 16.7. The number of aliphatic hydroxyl groups excluding tert-OH is 1. The molecular formula is C14H36O4. The molecule has 0 spiro atoms. The zero-order chi connectivity index (χ0) is 12.8. The lowest BCUT2D eigenvalue weighted by Crippen LogP contribution is -2.11. The molecule has 4 nitrogen and oxygen atoms in total. The summed E-state index contributed by atoms with van der Waals surface area (Å²) in [7, 11) is 3.26. The minimum atomic E-state index is -0.273. The van der Waals surface area contributed by atoms with Crippen LogP contribution < -0.4 is 0 Å². The molecule has 0 saturated carbocycles. The van der Waals surface area contributed by atoms with E-state index in [1.54, 1.807) is 14.2 Å². The molecule has 0 bridgehead atoms. The Morgan fingerprint density at radius 1 is 1.17 bits per heavy atom. The molecule has 18 heavy (non-hydrogen) atoms. The van der Waals surface area contributed by atoms with Gasteiger partial charge in [0.05, 0.1) is 25.4 Å². The molecule has 2 atom stereocenters. The van der Waals surface area contributed by atoms with Crippen molar-refractivity contribution >= 4 is 0 Å². The summed E-state index contributed by atoms with van der Waals surface area (Å²) < 4.78 is 14.0. The van der Waals surface area contributed by atoms with E-state index in [1.807, 2.05) is 13.8 Å². The molecule has 2 unspecified atom stereocenters. The molecule has 0 amide bonds. The van der Waals surface area contributed by atoms with Gasteiger partial charge in [0.15, 0.2) is 0 Å². The first-order valence-electron chi connectivity index (χ1n) is 5.93. The van der Waals surface area contributed by atoms with Crippen molar-refractivity contribution in [3.63, 3.8) is 0 Å². The maximum absolute atomic E-state index is 8.73. The first-order valence-corrected chi connectivity index (χ1v) is 5.93. The fraction of sp³-hybridized carbons (Fsp3) is 1.00. The summed E-state index contributed by atoms with van der Waals surface area (Å²) in [6.45, 7) is 8.30. The van der Waals surface area contributed by atoms with E-state index >= 15 is 0 Å². The molecule has 1 saturated heterocycles. The highest BCUT2D eigenvalue weighted by molar-refractivity contribution is 4.64. The Labute approximate surface area is 115 Å². The van der Waals surface area contributed by atoms with Gasteiger partial charge in [-0.3, -0.25) is 0 Å². The van der Waals surface area contributed by atoms with Crippen LogP contribution in [-0.2, 0) is 14.2 Å². The molecular weight excluding hydrogens is 232 g/mol. The van der Waals surface area contributed by atoms with Gasteiger partial charge in [0.25, 0.3) is 0 Å². The number of methoxy groups -OCH3 is 2. The van der Waals surface area contributed by atoms with Crippen molar-refractivity contribution in [1.29, 1.82) is 0 Å². The summed E-state index contributed by atoms with van der Waals surface area (Å²) in [5.74, 6) is 0. The number of ether oxygens (including phenoxy) is 3. The van der Waals surface area contributed by atoms with Gasteiger partial charge >= 0.3 is 0 Å². The summed E-state index contributed by atoms with van der Waals surface area (Å²) in [6, 6.07) is 0. The van der Waals surface area contributed by atoms with E-state index in [-0.39, 0.29) is 21.0 Å². The molecule has 0 aromatic rings. The van der Waals surface area contributed by atoms with Gasteiger partial charge in [-0.05, 0) is 19.8 Å². The molecule has 1 N–H and O–H groups in total. The van der Waals surface area contributed by atoms with Gasteiger partial charge in [0.1, 0.15) is 0 Å². The van der Waals surface area contributed by atoms with E-state index in [9.17, 15) is 0 Å². The van der Waals surface area contributed by atoms with E-state index in [4.69, 9.17) is 9.84 Å². The average Bonchev–Trinajstić information content (AvgIpc) is 3.14. The highest BCUT2D eigenvalue weighted by atomic mass is 16.6. The van der Waals surface area contributed by atoms with Gasteiger partial charge in [-0.25, -0.2) is 0 Å². The second-order valence-corrected chi connectivity index (χ2v) is 3.46. The van der Waals surface area contributed by atoms with Crippen molar-refractivity contribution in [2.24, 2.45) is 0 Å². The summed E-state index contributed by atoms with van der Waals surface area (Å²) in [5.41, 5.74) is 0. The lowest BCUT2D eigenvalue weighted by molar-refractivity contribution is 0.0625. The molecule has 4 heteroatoms. The lowest BCUT2D eigenvalue weighted by atomic mass is 10.3. The maximum Gasteiger partial charge on any atom is 0.0807 e. The largest absolute Gasteiger partial charge is 0.391 e. The quantitative estimate of drug-likeness (QED) is 0.778. The Kier molecular flexibility index (Phi) is 32.4. The van der Waals surface area contributed by atoms with Crippen LogP contribution in [0.5, 0.6) is 0 Å². The monoisotopic (exact) mass is 268 g/mol. The SMILES string of the molecule is C.C.CCC(O)COC.CCC1CO1.CCOC. The fourth-order valence-electron chi connectivity index (χ4n) is 0.614. The molecule has 1 heterocycles. The fourth-order valence-corrected chi connectivity index (χ4v) is 0.614. The summed E-state index contributed by atoms with van der Waals surface area (Å²) in [6.07, 6.45) is 2.33. The predicted octanol–water partition coefficient (Wildman–Crippen LogP) is 3.12. The van der Waals surface area contributed by atoms with E-state index in [1.165, 1.54) is 6.42 Å². The Hall–Kier alpha value is -0.160. The lowest BCUT2D eigenvalue weighted by Gasteiger charge is -2.02. The molecule has 0 aliphatic carbocycles. The van der Waals surface area contributed by atoms with Crippen LogP contribution in [0.15, 0.2) is 0 Å². The van der Waals surface area contributed by atoms with Gasteiger partial charge in [0, 0.05) is 20.8 Å². The predicted molar refractivity (Wildman–Crippen MR) is 79.2 cm³/mol. The molecule has 1 rings (SSSR count). The van der Waals surface area contributed by atoms with Crippen LogP contribution in [0.3, 0.4) is 0 Å². The Balaban J connectivity index is -0.0000000801. The number of hydrogen-bond donors (Lipinski definition) is 1. The van der Waals surface area contributed by atoms with Gasteiger partial charge in [-0.1, -0.05) is 28.7 Å². The van der Waals surface area contributed by atoms with Crippen molar-refractivity contribution in [2.75, 3.05) is 34.0 Å². The topological polar surface area (TPSA) is 51.2 Å². The van der Waals surface area contributed by atoms with Crippen LogP contribution in [0, 0.1) is 0 Å². The minimum Gasteiger partial charge on any atom is -0.391 e. The van der Waals surface area contributed by atoms with Gasteiger partial charge in [-0.15, -0.1) is 0 Å². The van der Waals surface area contributed by atoms with E-state index in [0.29, 0.717) is 12.7 Å². The van der Waals surface area contributed by atoms with Crippen LogP contribution in [0.2, 0.25) is 0 Å². The number of hydrogen-bond acceptors (Lipinski definition) is 4. The zero-order valence-corrected chi connectivity index (χ0v) is 11.4. The molecule has 1 aliphatic rings. The maximum atomic E-state index is 8.73. The molecule has 1 fully saturated rings. The van der Waals surface area contributed by atoms with Crippen LogP contribution in [-0.4, -0.2) is 51.4 Å². The molecule has 1 aliphatic heterocycles. The van der Waals surface area contributed by atoms with Crippen molar-refractivity contribution < 1.29 is 19.3 Å². The summed E-state index contributed by atoms with van der Waals surface area (Å²) >= 11 is 0. The Morgan fingerprint density at radius 3 is 1.67 bits per heavy atom. The van der Waals surface area contributed by atoms with Crippen molar-refractivity contribution in [1.82, 2.24) is 0 Å². The highest BCUT2D eigenvalue weighted by Crippen LogP contribution is 2.10. The van der Waals surface area contributed by atoms with Crippen LogP contribution >= 0.6 is 0 Å². The molecule has 116 valence electrons. The van der Waals surface area contributed by atoms with Gasteiger partial charge in [-0.2, -0.15) is 0 Å². The van der Waals surface area contributed by atoms with Crippen molar-refractivity contribution in [2.45, 2.75) is 60.7 Å². The third-order valence-corrected chi connectivity index (χ3v) is 1.98. The average molecular weight is 268 g/mol. The number of rotatable bonds is 5. The van der Waals surface area contributed by atoms with Crippen LogP contribution in [0.25, 0.3) is 0 Å². The molecule has 0 aromatic carbocycles. The third kappa shape index (κ3) is 29.7. The smallest absolute Gasteiger partial charge is 0.0807 e. The Bertz CT molecular complexity index is 114. The van der Waals surface area contributed by atoms with E-state index in [0.717, 1.165) is 19.6 Å².